The molecule has 0 radical (unpaired) electrons. The molecule has 0 spiro atoms. The molecule has 0 atom stereocenters. The second-order valence-electron chi connectivity index (χ2n) is 6.71. The van der Waals surface area contributed by atoms with E-state index in [4.69, 9.17) is 19.2 Å². The minimum atomic E-state index is -0.0286. The highest BCUT2D eigenvalue weighted by Gasteiger charge is 2.19. The van der Waals surface area contributed by atoms with Gasteiger partial charge in [-0.05, 0) is 30.7 Å². The van der Waals surface area contributed by atoms with Crippen molar-refractivity contribution in [2.75, 3.05) is 34.9 Å². The number of aromatic nitrogens is 1. The number of nitrogens with zero attached hydrogens (tertiary/aromatic N) is 2. The molecule has 3 aromatic rings. The molecular weight excluding hydrogens is 368 g/mol. The number of para-hydroxylation sites is 1. The van der Waals surface area contributed by atoms with Crippen LogP contribution in [0.4, 0.5) is 0 Å². The number of rotatable bonds is 7. The van der Waals surface area contributed by atoms with Crippen molar-refractivity contribution in [2.24, 2.45) is 0 Å². The summed E-state index contributed by atoms with van der Waals surface area (Å²) in [5.74, 6) is 1.55. The standard InChI is InChI=1S/C23H26N2O4/c1-6-11-25(2)23(26)17-14-19(24-18-10-8-7-9-16(17)18)15-12-20(27-3)22(29-5)21(13-15)28-4/h7-10,12-14H,6,11H2,1-5H3. The molecule has 6 nitrogen and oxygen atoms in total. The van der Waals surface area contributed by atoms with E-state index >= 15 is 0 Å². The Morgan fingerprint density at radius 1 is 1.00 bits per heavy atom. The Hall–Kier alpha value is -3.28. The Morgan fingerprint density at radius 3 is 2.24 bits per heavy atom. The van der Waals surface area contributed by atoms with Gasteiger partial charge in [0.25, 0.3) is 5.91 Å². The van der Waals surface area contributed by atoms with Crippen molar-refractivity contribution < 1.29 is 19.0 Å². The quantitative estimate of drug-likeness (QED) is 0.594. The Balaban J connectivity index is 2.22. The van der Waals surface area contributed by atoms with Crippen LogP contribution in [0.1, 0.15) is 23.7 Å². The van der Waals surface area contributed by atoms with Crippen molar-refractivity contribution in [2.45, 2.75) is 13.3 Å². The van der Waals surface area contributed by atoms with Gasteiger partial charge in [-0.2, -0.15) is 0 Å². The summed E-state index contributed by atoms with van der Waals surface area (Å²) in [5, 5.41) is 0.830. The zero-order valence-electron chi connectivity index (χ0n) is 17.5. The maximum absolute atomic E-state index is 13.1. The molecule has 0 saturated carbocycles. The van der Waals surface area contributed by atoms with Crippen LogP contribution in [0.15, 0.2) is 42.5 Å². The number of benzene rings is 2. The highest BCUT2D eigenvalue weighted by Crippen LogP contribution is 2.41. The Morgan fingerprint density at radius 2 is 1.66 bits per heavy atom. The van der Waals surface area contributed by atoms with Crippen molar-refractivity contribution in [1.82, 2.24) is 9.88 Å². The fraction of sp³-hybridized carbons (Fsp3) is 0.304. The van der Waals surface area contributed by atoms with Gasteiger partial charge >= 0.3 is 0 Å². The van der Waals surface area contributed by atoms with E-state index in [0.717, 1.165) is 22.9 Å². The topological polar surface area (TPSA) is 60.9 Å². The van der Waals surface area contributed by atoms with Gasteiger partial charge in [0.2, 0.25) is 5.75 Å². The molecular formula is C23H26N2O4. The van der Waals surface area contributed by atoms with Crippen molar-refractivity contribution in [1.29, 1.82) is 0 Å². The van der Waals surface area contributed by atoms with E-state index in [1.54, 1.807) is 26.2 Å². The van der Waals surface area contributed by atoms with Gasteiger partial charge in [0.15, 0.2) is 11.5 Å². The maximum Gasteiger partial charge on any atom is 0.254 e. The predicted molar refractivity (Wildman–Crippen MR) is 114 cm³/mol. The van der Waals surface area contributed by atoms with Crippen LogP contribution in [0.25, 0.3) is 22.2 Å². The van der Waals surface area contributed by atoms with E-state index in [-0.39, 0.29) is 5.91 Å². The van der Waals surface area contributed by atoms with Crippen molar-refractivity contribution in [3.8, 4) is 28.5 Å². The number of hydrogen-bond acceptors (Lipinski definition) is 5. The van der Waals surface area contributed by atoms with Crippen LogP contribution in [0, 0.1) is 0 Å². The summed E-state index contributed by atoms with van der Waals surface area (Å²) < 4.78 is 16.3. The van der Waals surface area contributed by atoms with Crippen LogP contribution >= 0.6 is 0 Å². The number of amides is 1. The lowest BCUT2D eigenvalue weighted by Gasteiger charge is -2.18. The van der Waals surface area contributed by atoms with Gasteiger partial charge in [0, 0.05) is 24.5 Å². The van der Waals surface area contributed by atoms with Gasteiger partial charge in [-0.3, -0.25) is 4.79 Å². The van der Waals surface area contributed by atoms with Gasteiger partial charge in [0.1, 0.15) is 0 Å². The van der Waals surface area contributed by atoms with E-state index in [0.29, 0.717) is 35.1 Å². The Labute approximate surface area is 171 Å². The van der Waals surface area contributed by atoms with Crippen LogP contribution in [0.5, 0.6) is 17.2 Å². The molecule has 6 heteroatoms. The lowest BCUT2D eigenvalue weighted by molar-refractivity contribution is 0.0797. The average Bonchev–Trinajstić information content (AvgIpc) is 2.76. The van der Waals surface area contributed by atoms with Crippen molar-refractivity contribution in [3.05, 3.63) is 48.0 Å². The van der Waals surface area contributed by atoms with Crippen molar-refractivity contribution >= 4 is 16.8 Å². The fourth-order valence-electron chi connectivity index (χ4n) is 3.37. The molecule has 0 aliphatic rings. The number of fused-ring (bicyclic) bond motifs is 1. The lowest BCUT2D eigenvalue weighted by Crippen LogP contribution is -2.27. The summed E-state index contributed by atoms with van der Waals surface area (Å²) in [5.41, 5.74) is 2.82. The Bertz CT molecular complexity index is 1010. The van der Waals surface area contributed by atoms with Crippen LogP contribution in [0.3, 0.4) is 0 Å². The van der Waals surface area contributed by atoms with Gasteiger partial charge in [0.05, 0.1) is 38.1 Å². The van der Waals surface area contributed by atoms with Gasteiger partial charge in [-0.25, -0.2) is 4.98 Å². The van der Waals surface area contributed by atoms with E-state index in [9.17, 15) is 4.79 Å². The molecule has 1 aromatic heterocycles. The molecule has 3 rings (SSSR count). The van der Waals surface area contributed by atoms with E-state index in [1.807, 2.05) is 49.5 Å². The molecule has 29 heavy (non-hydrogen) atoms. The van der Waals surface area contributed by atoms with Crippen LogP contribution in [-0.2, 0) is 0 Å². The maximum atomic E-state index is 13.1. The normalized spacial score (nSPS) is 10.7. The van der Waals surface area contributed by atoms with Crippen LogP contribution in [-0.4, -0.2) is 50.7 Å². The first-order valence-corrected chi connectivity index (χ1v) is 9.49. The number of hydrogen-bond donors (Lipinski definition) is 0. The summed E-state index contributed by atoms with van der Waals surface area (Å²) in [6.07, 6.45) is 0.894. The first-order valence-electron chi connectivity index (χ1n) is 9.49. The SMILES string of the molecule is CCCN(C)C(=O)c1cc(-c2cc(OC)c(OC)c(OC)c2)nc2ccccc12. The predicted octanol–water partition coefficient (Wildman–Crippen LogP) is 4.41. The Kier molecular flexibility index (Phi) is 6.22. The first-order chi connectivity index (χ1) is 14.0. The second-order valence-corrected chi connectivity index (χ2v) is 6.71. The number of ether oxygens (including phenoxy) is 3. The van der Waals surface area contributed by atoms with Crippen molar-refractivity contribution in [3.63, 3.8) is 0 Å². The molecule has 152 valence electrons. The number of methoxy groups -OCH3 is 3. The minimum absolute atomic E-state index is 0.0286. The minimum Gasteiger partial charge on any atom is -0.493 e. The smallest absolute Gasteiger partial charge is 0.254 e. The van der Waals surface area contributed by atoms with Gasteiger partial charge in [-0.15, -0.1) is 0 Å². The van der Waals surface area contributed by atoms with Crippen LogP contribution in [0.2, 0.25) is 0 Å². The molecule has 0 saturated heterocycles. The van der Waals surface area contributed by atoms with Gasteiger partial charge < -0.3 is 19.1 Å². The number of carbonyl (C=O) groups is 1. The fourth-order valence-corrected chi connectivity index (χ4v) is 3.37. The third-order valence-electron chi connectivity index (χ3n) is 4.81. The summed E-state index contributed by atoms with van der Waals surface area (Å²) in [4.78, 5) is 19.6. The van der Waals surface area contributed by atoms with Crippen LogP contribution < -0.4 is 14.2 Å². The largest absolute Gasteiger partial charge is 0.493 e. The average molecular weight is 394 g/mol. The van der Waals surface area contributed by atoms with E-state index in [2.05, 4.69) is 6.92 Å². The number of pyridine rings is 1. The molecule has 0 fully saturated rings. The van der Waals surface area contributed by atoms with Gasteiger partial charge in [-0.1, -0.05) is 25.1 Å². The molecule has 1 amide bonds. The van der Waals surface area contributed by atoms with E-state index < -0.39 is 0 Å². The summed E-state index contributed by atoms with van der Waals surface area (Å²) in [7, 11) is 6.53. The number of carbonyl (C=O) groups excluding carboxylic acids is 1. The third kappa shape index (κ3) is 3.97. The first kappa shape index (κ1) is 20.5. The third-order valence-corrected chi connectivity index (χ3v) is 4.81. The zero-order chi connectivity index (χ0) is 21.0. The molecule has 0 aliphatic heterocycles. The summed E-state index contributed by atoms with van der Waals surface area (Å²) >= 11 is 0. The monoisotopic (exact) mass is 394 g/mol. The lowest BCUT2D eigenvalue weighted by atomic mass is 10.0. The highest BCUT2D eigenvalue weighted by molar-refractivity contribution is 6.07. The second kappa shape index (κ2) is 8.82. The molecule has 0 unspecified atom stereocenters. The molecule has 0 N–H and O–H groups in total. The van der Waals surface area contributed by atoms with E-state index in [1.165, 1.54) is 0 Å². The summed E-state index contributed by atoms with van der Waals surface area (Å²) in [6.45, 7) is 2.74. The molecule has 1 heterocycles. The molecule has 0 aliphatic carbocycles. The highest BCUT2D eigenvalue weighted by atomic mass is 16.5. The molecule has 0 bridgehead atoms. The zero-order valence-corrected chi connectivity index (χ0v) is 17.5. The summed E-state index contributed by atoms with van der Waals surface area (Å²) in [6, 6.07) is 13.2. The molecule has 2 aromatic carbocycles.